The van der Waals surface area contributed by atoms with Crippen LogP contribution >= 0.6 is 0 Å². The summed E-state index contributed by atoms with van der Waals surface area (Å²) in [5.74, 6) is 2.95. The summed E-state index contributed by atoms with van der Waals surface area (Å²) in [6.45, 7) is 7.66. The summed E-state index contributed by atoms with van der Waals surface area (Å²) < 4.78 is 32.6. The Labute approximate surface area is 223 Å². The van der Waals surface area contributed by atoms with Crippen LogP contribution in [-0.4, -0.2) is 64.5 Å². The Bertz CT molecular complexity index is 971. The molecular weight excluding hydrogens is 490 g/mol. The smallest absolute Gasteiger partial charge is 0.269 e. The molecule has 5 rings (SSSR count). The number of carbonyl (C=O) groups excluding carboxylic acids is 1. The molecule has 0 spiro atoms. The highest BCUT2D eigenvalue weighted by Gasteiger charge is 2.63. The number of piperidine rings is 1. The van der Waals surface area contributed by atoms with Gasteiger partial charge >= 0.3 is 0 Å². The van der Waals surface area contributed by atoms with E-state index >= 15 is 0 Å². The first kappa shape index (κ1) is 27.9. The van der Waals surface area contributed by atoms with Crippen molar-refractivity contribution in [2.24, 2.45) is 46.3 Å². The van der Waals surface area contributed by atoms with Gasteiger partial charge in [-0.2, -0.15) is 8.42 Å². The molecule has 5 fully saturated rings. The van der Waals surface area contributed by atoms with Crippen molar-refractivity contribution in [1.29, 1.82) is 0 Å². The molecule has 3 N–H and O–H groups in total. The van der Waals surface area contributed by atoms with E-state index in [2.05, 4.69) is 20.8 Å². The van der Waals surface area contributed by atoms with Crippen LogP contribution in [0.25, 0.3) is 0 Å². The average Bonchev–Trinajstić information content (AvgIpc) is 3.22. The summed E-state index contributed by atoms with van der Waals surface area (Å²) in [6.07, 6.45) is 10.1. The monoisotopic (exact) mass is 539 g/mol. The van der Waals surface area contributed by atoms with Crippen LogP contribution in [0.15, 0.2) is 0 Å². The number of hydrogen-bond donors (Lipinski definition) is 3. The number of hydrogen-bond acceptors (Lipinski definition) is 5. The molecule has 4 aliphatic carbocycles. The number of rotatable bonds is 5. The highest BCUT2D eigenvalue weighted by atomic mass is 32.2. The van der Waals surface area contributed by atoms with Gasteiger partial charge in [0.05, 0.1) is 12.2 Å². The van der Waals surface area contributed by atoms with Crippen LogP contribution in [0.4, 0.5) is 0 Å². The number of aliphatic hydroxyl groups is 2. The summed E-state index contributed by atoms with van der Waals surface area (Å²) in [4.78, 5) is 14.6. The lowest BCUT2D eigenvalue weighted by molar-refractivity contribution is -0.175. The van der Waals surface area contributed by atoms with Crippen LogP contribution in [0.1, 0.15) is 97.8 Å². The lowest BCUT2D eigenvalue weighted by Gasteiger charge is -2.62. The van der Waals surface area contributed by atoms with Crippen LogP contribution in [-0.2, 0) is 14.9 Å². The molecule has 1 saturated heterocycles. The molecule has 0 radical (unpaired) electrons. The van der Waals surface area contributed by atoms with Gasteiger partial charge in [0.25, 0.3) is 10.1 Å². The van der Waals surface area contributed by atoms with Gasteiger partial charge in [0, 0.05) is 19.5 Å². The van der Waals surface area contributed by atoms with Gasteiger partial charge in [-0.05, 0) is 117 Å². The second-order valence-electron chi connectivity index (χ2n) is 14.0. The zero-order chi connectivity index (χ0) is 26.8. The number of amides is 1. The van der Waals surface area contributed by atoms with Crippen molar-refractivity contribution in [3.63, 3.8) is 0 Å². The van der Waals surface area contributed by atoms with Crippen molar-refractivity contribution in [3.8, 4) is 0 Å². The fraction of sp³-hybridized carbons (Fsp3) is 0.966. The third-order valence-electron chi connectivity index (χ3n) is 12.5. The van der Waals surface area contributed by atoms with Gasteiger partial charge in [0.1, 0.15) is 5.25 Å². The van der Waals surface area contributed by atoms with Gasteiger partial charge in [0.2, 0.25) is 5.91 Å². The van der Waals surface area contributed by atoms with E-state index in [-0.39, 0.29) is 35.5 Å². The normalized spacial score (nSPS) is 47.0. The third-order valence-corrected chi connectivity index (χ3v) is 13.7. The van der Waals surface area contributed by atoms with E-state index in [1.165, 1.54) is 12.8 Å². The number of aliphatic hydroxyl groups excluding tert-OH is 2. The molecule has 0 aromatic carbocycles. The van der Waals surface area contributed by atoms with Gasteiger partial charge in [-0.1, -0.05) is 20.8 Å². The number of nitrogens with zero attached hydrogens (tertiary/aromatic N) is 1. The van der Waals surface area contributed by atoms with Gasteiger partial charge in [0.15, 0.2) is 0 Å². The van der Waals surface area contributed by atoms with E-state index in [0.29, 0.717) is 61.3 Å². The van der Waals surface area contributed by atoms with Crippen LogP contribution in [0.2, 0.25) is 0 Å². The van der Waals surface area contributed by atoms with Gasteiger partial charge in [-0.25, -0.2) is 0 Å². The zero-order valence-electron chi connectivity index (χ0n) is 23.0. The molecule has 1 heterocycles. The van der Waals surface area contributed by atoms with Crippen LogP contribution in [0, 0.1) is 46.3 Å². The Morgan fingerprint density at radius 2 is 1.78 bits per heavy atom. The van der Waals surface area contributed by atoms with E-state index in [9.17, 15) is 28.0 Å². The minimum Gasteiger partial charge on any atom is -0.393 e. The van der Waals surface area contributed by atoms with Gasteiger partial charge in [-0.15, -0.1) is 0 Å². The second kappa shape index (κ2) is 10.0. The van der Waals surface area contributed by atoms with Crippen molar-refractivity contribution in [2.75, 3.05) is 13.1 Å². The summed E-state index contributed by atoms with van der Waals surface area (Å²) in [5.41, 5.74) is 0.108. The van der Waals surface area contributed by atoms with Crippen molar-refractivity contribution < 1.29 is 28.0 Å². The lowest BCUT2D eigenvalue weighted by atomic mass is 9.43. The molecule has 7 nitrogen and oxygen atoms in total. The van der Waals surface area contributed by atoms with Crippen LogP contribution < -0.4 is 0 Å². The summed E-state index contributed by atoms with van der Waals surface area (Å²) >= 11 is 0. The van der Waals surface area contributed by atoms with E-state index < -0.39 is 15.4 Å². The maximum absolute atomic E-state index is 13.0. The Hall–Kier alpha value is -0.700. The van der Waals surface area contributed by atoms with E-state index in [1.54, 1.807) is 4.90 Å². The molecule has 0 aromatic heterocycles. The minimum absolute atomic E-state index is 0.0186. The minimum atomic E-state index is -4.12. The van der Waals surface area contributed by atoms with Crippen molar-refractivity contribution in [1.82, 2.24) is 4.90 Å². The first-order chi connectivity index (χ1) is 17.4. The predicted octanol–water partition coefficient (Wildman–Crippen LogP) is 4.27. The van der Waals surface area contributed by atoms with Crippen molar-refractivity contribution in [2.45, 2.75) is 115 Å². The largest absolute Gasteiger partial charge is 0.393 e. The molecule has 37 heavy (non-hydrogen) atoms. The second-order valence-corrected chi connectivity index (χ2v) is 15.7. The fourth-order valence-corrected chi connectivity index (χ4v) is 11.1. The van der Waals surface area contributed by atoms with Gasteiger partial charge in [-0.3, -0.25) is 9.35 Å². The van der Waals surface area contributed by atoms with Crippen molar-refractivity contribution in [3.05, 3.63) is 0 Å². The fourth-order valence-electron chi connectivity index (χ4n) is 10.3. The molecule has 212 valence electrons. The molecule has 0 bridgehead atoms. The van der Waals surface area contributed by atoms with E-state index in [4.69, 9.17) is 0 Å². The molecular formula is C29H49NO6S. The summed E-state index contributed by atoms with van der Waals surface area (Å²) in [7, 11) is -4.12. The van der Waals surface area contributed by atoms with Crippen LogP contribution in [0.3, 0.4) is 0 Å². The number of likely N-dealkylation sites (tertiary alicyclic amines) is 1. The quantitative estimate of drug-likeness (QED) is 0.450. The average molecular weight is 540 g/mol. The van der Waals surface area contributed by atoms with Gasteiger partial charge < -0.3 is 15.1 Å². The van der Waals surface area contributed by atoms with E-state index in [1.807, 2.05) is 0 Å². The standard InChI is InChI=1S/C29H49NO6S/c1-18(6-11-27(33)30-14-4-5-21(17-30)37(34,35)36)23-9-10-24-22-8-7-19-15-20(31)12-13-28(19,2)25(22)16-26(32)29(23,24)3/h18-26,31-32H,4-17H2,1-3H3,(H,34,35,36)/t18-,19-,20-,21+,22+,23-,24+,25+,26+,28+,29-/m1/s1. The lowest BCUT2D eigenvalue weighted by Crippen LogP contribution is -2.58. The molecule has 1 amide bonds. The van der Waals surface area contributed by atoms with Crippen molar-refractivity contribution >= 4 is 16.0 Å². The maximum Gasteiger partial charge on any atom is 0.269 e. The molecule has 4 saturated carbocycles. The first-order valence-corrected chi connectivity index (χ1v) is 16.5. The first-order valence-electron chi connectivity index (χ1n) is 15.0. The SMILES string of the molecule is C[C@H](CCC(=O)N1CCC[C@H](S(=O)(=O)O)C1)[C@H]1CC[C@H]2[C@@H]3CC[C@@H]4C[C@H](O)CC[C@]4(C)[C@H]3C[C@H](O)[C@]12C. The summed E-state index contributed by atoms with van der Waals surface area (Å²) in [6, 6.07) is 0. The highest BCUT2D eigenvalue weighted by Crippen LogP contribution is 2.68. The Balaban J connectivity index is 1.24. The Morgan fingerprint density at radius 1 is 1.03 bits per heavy atom. The Kier molecular flexibility index (Phi) is 7.56. The summed E-state index contributed by atoms with van der Waals surface area (Å²) in [5, 5.41) is 21.2. The van der Waals surface area contributed by atoms with E-state index in [0.717, 1.165) is 44.9 Å². The van der Waals surface area contributed by atoms with Crippen LogP contribution in [0.5, 0.6) is 0 Å². The number of carbonyl (C=O) groups is 1. The predicted molar refractivity (Wildman–Crippen MR) is 142 cm³/mol. The number of fused-ring (bicyclic) bond motifs is 5. The molecule has 1 aliphatic heterocycles. The third kappa shape index (κ3) is 4.80. The Morgan fingerprint density at radius 3 is 2.51 bits per heavy atom. The highest BCUT2D eigenvalue weighted by molar-refractivity contribution is 7.86. The zero-order valence-corrected chi connectivity index (χ0v) is 23.8. The molecule has 0 unspecified atom stereocenters. The topological polar surface area (TPSA) is 115 Å². The molecule has 11 atom stereocenters. The maximum atomic E-state index is 13.0. The molecule has 0 aromatic rings. The molecule has 5 aliphatic rings. The molecule has 8 heteroatoms.